The molecule has 3 aromatic rings. The van der Waals surface area contributed by atoms with Crippen molar-refractivity contribution in [2.45, 2.75) is 45.1 Å². The first-order valence-corrected chi connectivity index (χ1v) is 13.5. The van der Waals surface area contributed by atoms with Gasteiger partial charge in [0.1, 0.15) is 0 Å². The average Bonchev–Trinajstić information content (AvgIpc) is 2.92. The summed E-state index contributed by atoms with van der Waals surface area (Å²) in [4.78, 5) is 27.5. The lowest BCUT2D eigenvalue weighted by Crippen LogP contribution is -2.36. The summed E-state index contributed by atoms with van der Waals surface area (Å²) in [7, 11) is 0. The molecule has 0 bridgehead atoms. The largest absolute Gasteiger partial charge is 0.345 e. The van der Waals surface area contributed by atoms with Crippen LogP contribution in [0.4, 0.5) is 5.69 Å². The molecule has 1 fully saturated rings. The number of nitrogens with one attached hydrogen (secondary N) is 2. The molecule has 1 aliphatic heterocycles. The zero-order valence-corrected chi connectivity index (χ0v) is 22.4. The Kier molecular flexibility index (Phi) is 9.37. The number of benzene rings is 3. The van der Waals surface area contributed by atoms with Crippen LogP contribution in [-0.4, -0.2) is 36.3 Å². The van der Waals surface area contributed by atoms with E-state index >= 15 is 0 Å². The predicted octanol–water partition coefficient (Wildman–Crippen LogP) is 6.68. The topological polar surface area (TPSA) is 61.4 Å². The van der Waals surface area contributed by atoms with Crippen molar-refractivity contribution in [1.82, 2.24) is 10.2 Å². The summed E-state index contributed by atoms with van der Waals surface area (Å²) in [5.41, 5.74) is 3.84. The molecule has 1 atom stereocenters. The highest BCUT2D eigenvalue weighted by molar-refractivity contribution is 6.30. The number of hydrogen-bond donors (Lipinski definition) is 2. The fourth-order valence-electron chi connectivity index (χ4n) is 4.84. The SMILES string of the molecule is CC(C)C(=O)Nc1cccc(C2CCN(CCC(NC(=O)c3cccc(Cl)c3)c3ccccc3)CC2)c1. The van der Waals surface area contributed by atoms with Crippen LogP contribution >= 0.6 is 11.6 Å². The van der Waals surface area contributed by atoms with E-state index in [0.717, 1.165) is 50.1 Å². The van der Waals surface area contributed by atoms with Gasteiger partial charge in [0.2, 0.25) is 5.91 Å². The van der Waals surface area contributed by atoms with Crippen LogP contribution in [0.5, 0.6) is 0 Å². The highest BCUT2D eigenvalue weighted by atomic mass is 35.5. The van der Waals surface area contributed by atoms with E-state index in [9.17, 15) is 9.59 Å². The number of carbonyl (C=O) groups is 2. The maximum absolute atomic E-state index is 13.0. The highest BCUT2D eigenvalue weighted by Gasteiger charge is 2.23. The standard InChI is InChI=1S/C31H36ClN3O2/c1-22(2)30(36)33-28-13-7-10-25(21-28)23-14-17-35(18-15-23)19-16-29(24-8-4-3-5-9-24)34-31(37)26-11-6-12-27(32)20-26/h3-13,20-23,29H,14-19H2,1-2H3,(H,33,36)(H,34,37). The van der Waals surface area contributed by atoms with Gasteiger partial charge in [-0.3, -0.25) is 9.59 Å². The first-order chi connectivity index (χ1) is 17.9. The van der Waals surface area contributed by atoms with Gasteiger partial charge in [-0.2, -0.15) is 0 Å². The molecule has 3 aromatic carbocycles. The normalized spacial score (nSPS) is 15.4. The average molecular weight is 518 g/mol. The molecule has 1 unspecified atom stereocenters. The first-order valence-electron chi connectivity index (χ1n) is 13.1. The summed E-state index contributed by atoms with van der Waals surface area (Å²) in [6.07, 6.45) is 2.98. The van der Waals surface area contributed by atoms with E-state index in [0.29, 0.717) is 16.5 Å². The number of rotatable bonds is 9. The second-order valence-electron chi connectivity index (χ2n) is 10.1. The second kappa shape index (κ2) is 12.9. The second-order valence-corrected chi connectivity index (χ2v) is 10.6. The third-order valence-electron chi connectivity index (χ3n) is 7.07. The number of piperidine rings is 1. The van der Waals surface area contributed by atoms with Gasteiger partial charge in [-0.1, -0.05) is 74.0 Å². The zero-order chi connectivity index (χ0) is 26.2. The summed E-state index contributed by atoms with van der Waals surface area (Å²) in [5.74, 6) is 0.378. The zero-order valence-electron chi connectivity index (χ0n) is 21.6. The molecule has 2 amide bonds. The van der Waals surface area contributed by atoms with Crippen LogP contribution in [0.25, 0.3) is 0 Å². The van der Waals surface area contributed by atoms with Gasteiger partial charge in [-0.25, -0.2) is 0 Å². The molecule has 194 valence electrons. The molecule has 0 spiro atoms. The van der Waals surface area contributed by atoms with Crippen molar-refractivity contribution in [3.8, 4) is 0 Å². The number of halogens is 1. The molecule has 37 heavy (non-hydrogen) atoms. The lowest BCUT2D eigenvalue weighted by atomic mass is 9.89. The minimum absolute atomic E-state index is 0.0399. The molecule has 2 N–H and O–H groups in total. The Morgan fingerprint density at radius 1 is 0.946 bits per heavy atom. The van der Waals surface area contributed by atoms with Crippen molar-refractivity contribution in [2.75, 3.05) is 25.0 Å². The molecular weight excluding hydrogens is 482 g/mol. The van der Waals surface area contributed by atoms with Crippen LogP contribution in [0.2, 0.25) is 5.02 Å². The number of anilines is 1. The van der Waals surface area contributed by atoms with Gasteiger partial charge >= 0.3 is 0 Å². The van der Waals surface area contributed by atoms with Gasteiger partial charge in [-0.05, 0) is 79.7 Å². The number of nitrogens with zero attached hydrogens (tertiary/aromatic N) is 1. The van der Waals surface area contributed by atoms with Crippen LogP contribution in [0.1, 0.15) is 66.6 Å². The van der Waals surface area contributed by atoms with Crippen LogP contribution in [0.15, 0.2) is 78.9 Å². The summed E-state index contributed by atoms with van der Waals surface area (Å²) in [6.45, 7) is 6.74. The third-order valence-corrected chi connectivity index (χ3v) is 7.30. The number of carbonyl (C=O) groups excluding carboxylic acids is 2. The van der Waals surface area contributed by atoms with Gasteiger partial charge in [-0.15, -0.1) is 0 Å². The van der Waals surface area contributed by atoms with Crippen LogP contribution in [0.3, 0.4) is 0 Å². The van der Waals surface area contributed by atoms with E-state index in [2.05, 4.69) is 39.8 Å². The van der Waals surface area contributed by atoms with Crippen LogP contribution in [0, 0.1) is 5.92 Å². The molecule has 1 heterocycles. The monoisotopic (exact) mass is 517 g/mol. The third kappa shape index (κ3) is 7.67. The minimum atomic E-state index is -0.112. The fourth-order valence-corrected chi connectivity index (χ4v) is 5.03. The van der Waals surface area contributed by atoms with Crippen molar-refractivity contribution in [3.05, 3.63) is 101 Å². The Balaban J connectivity index is 1.34. The number of amides is 2. The van der Waals surface area contributed by atoms with Gasteiger partial charge in [0.25, 0.3) is 5.91 Å². The predicted molar refractivity (Wildman–Crippen MR) is 151 cm³/mol. The summed E-state index contributed by atoms with van der Waals surface area (Å²) in [5, 5.41) is 6.79. The molecule has 4 rings (SSSR count). The Labute approximate surface area is 225 Å². The van der Waals surface area contributed by atoms with Crippen molar-refractivity contribution >= 4 is 29.1 Å². The van der Waals surface area contributed by atoms with E-state index in [1.54, 1.807) is 24.3 Å². The van der Waals surface area contributed by atoms with Gasteiger partial charge < -0.3 is 15.5 Å². The van der Waals surface area contributed by atoms with E-state index in [4.69, 9.17) is 11.6 Å². The van der Waals surface area contributed by atoms with E-state index in [1.807, 2.05) is 44.2 Å². The number of hydrogen-bond acceptors (Lipinski definition) is 3. The van der Waals surface area contributed by atoms with Crippen molar-refractivity contribution in [1.29, 1.82) is 0 Å². The van der Waals surface area contributed by atoms with Crippen molar-refractivity contribution in [2.24, 2.45) is 5.92 Å². The number of likely N-dealkylation sites (tertiary alicyclic amines) is 1. The molecule has 1 saturated heterocycles. The maximum atomic E-state index is 13.0. The molecule has 5 nitrogen and oxygen atoms in total. The van der Waals surface area contributed by atoms with Crippen LogP contribution in [-0.2, 0) is 4.79 Å². The minimum Gasteiger partial charge on any atom is -0.345 e. The summed E-state index contributed by atoms with van der Waals surface area (Å²) in [6, 6.07) is 25.4. The lowest BCUT2D eigenvalue weighted by Gasteiger charge is -2.33. The van der Waals surface area contributed by atoms with Gasteiger partial charge in [0.05, 0.1) is 6.04 Å². The fraction of sp³-hybridized carbons (Fsp3) is 0.355. The van der Waals surface area contributed by atoms with Gasteiger partial charge in [0, 0.05) is 28.7 Å². The Bertz CT molecular complexity index is 1190. The first kappa shape index (κ1) is 26.9. The van der Waals surface area contributed by atoms with E-state index in [-0.39, 0.29) is 23.8 Å². The maximum Gasteiger partial charge on any atom is 0.251 e. The molecule has 0 aliphatic carbocycles. The van der Waals surface area contributed by atoms with Crippen molar-refractivity contribution < 1.29 is 9.59 Å². The molecule has 0 saturated carbocycles. The van der Waals surface area contributed by atoms with Crippen LogP contribution < -0.4 is 10.6 Å². The molecule has 6 heteroatoms. The smallest absolute Gasteiger partial charge is 0.251 e. The lowest BCUT2D eigenvalue weighted by molar-refractivity contribution is -0.118. The summed E-state index contributed by atoms with van der Waals surface area (Å²) >= 11 is 6.10. The molecular formula is C31H36ClN3O2. The van der Waals surface area contributed by atoms with E-state index < -0.39 is 0 Å². The Hall–Kier alpha value is -3.15. The molecule has 0 radical (unpaired) electrons. The molecule has 1 aliphatic rings. The quantitative estimate of drug-likeness (QED) is 0.333. The Morgan fingerprint density at radius 3 is 2.38 bits per heavy atom. The molecule has 0 aromatic heterocycles. The van der Waals surface area contributed by atoms with Crippen molar-refractivity contribution in [3.63, 3.8) is 0 Å². The van der Waals surface area contributed by atoms with Gasteiger partial charge in [0.15, 0.2) is 0 Å². The Morgan fingerprint density at radius 2 is 1.68 bits per heavy atom. The summed E-state index contributed by atoms with van der Waals surface area (Å²) < 4.78 is 0. The van der Waals surface area contributed by atoms with E-state index in [1.165, 1.54) is 5.56 Å². The highest BCUT2D eigenvalue weighted by Crippen LogP contribution is 2.30.